The summed E-state index contributed by atoms with van der Waals surface area (Å²) in [5, 5.41) is 14.1. The van der Waals surface area contributed by atoms with Crippen LogP contribution in [-0.2, 0) is 6.54 Å². The SMILES string of the molecule is Cc1cc(C)c(CNC(=O)c2cc(N3CCN(C)CC3)nc(NC(C)C)c2C=N)c(=O)[nH]1. The van der Waals surface area contributed by atoms with Gasteiger partial charge < -0.3 is 30.8 Å². The van der Waals surface area contributed by atoms with E-state index in [2.05, 4.69) is 32.5 Å². The van der Waals surface area contributed by atoms with E-state index in [1.165, 1.54) is 0 Å². The molecule has 0 saturated carbocycles. The fraction of sp³-hybridized carbons (Fsp3) is 0.478. The van der Waals surface area contributed by atoms with Crippen LogP contribution in [0.1, 0.15) is 46.6 Å². The zero-order chi connectivity index (χ0) is 23.4. The summed E-state index contributed by atoms with van der Waals surface area (Å²) in [5.74, 6) is 0.884. The molecule has 32 heavy (non-hydrogen) atoms. The second kappa shape index (κ2) is 9.95. The number of hydrogen-bond donors (Lipinski definition) is 4. The van der Waals surface area contributed by atoms with Gasteiger partial charge in [-0.1, -0.05) is 0 Å². The van der Waals surface area contributed by atoms with Gasteiger partial charge in [-0.2, -0.15) is 0 Å². The summed E-state index contributed by atoms with van der Waals surface area (Å²) >= 11 is 0. The Balaban J connectivity index is 1.94. The molecule has 0 unspecified atom stereocenters. The summed E-state index contributed by atoms with van der Waals surface area (Å²) in [6, 6.07) is 3.72. The van der Waals surface area contributed by atoms with Crippen molar-refractivity contribution in [2.75, 3.05) is 43.4 Å². The molecule has 2 aromatic rings. The Morgan fingerprint density at radius 1 is 1.25 bits per heavy atom. The Labute approximate surface area is 188 Å². The van der Waals surface area contributed by atoms with E-state index in [0.717, 1.165) is 43.7 Å². The van der Waals surface area contributed by atoms with Crippen LogP contribution in [0.3, 0.4) is 0 Å². The molecule has 2 aromatic heterocycles. The minimum Gasteiger partial charge on any atom is -0.367 e. The van der Waals surface area contributed by atoms with E-state index in [0.29, 0.717) is 28.3 Å². The summed E-state index contributed by atoms with van der Waals surface area (Å²) < 4.78 is 0. The number of aryl methyl sites for hydroxylation is 2. The van der Waals surface area contributed by atoms with Gasteiger partial charge in [-0.15, -0.1) is 0 Å². The van der Waals surface area contributed by atoms with Crippen molar-refractivity contribution in [2.24, 2.45) is 0 Å². The predicted molar refractivity (Wildman–Crippen MR) is 128 cm³/mol. The number of carbonyl (C=O) groups excluding carboxylic acids is 1. The molecule has 0 radical (unpaired) electrons. The first-order valence-electron chi connectivity index (χ1n) is 10.9. The number of H-pyrrole nitrogens is 1. The lowest BCUT2D eigenvalue weighted by Crippen LogP contribution is -2.45. The van der Waals surface area contributed by atoms with Gasteiger partial charge in [-0.25, -0.2) is 4.98 Å². The van der Waals surface area contributed by atoms with Gasteiger partial charge in [0, 0.05) is 61.8 Å². The quantitative estimate of drug-likeness (QED) is 0.490. The molecule has 172 valence electrons. The number of nitrogens with one attached hydrogen (secondary N) is 4. The van der Waals surface area contributed by atoms with Crippen molar-refractivity contribution in [3.8, 4) is 0 Å². The zero-order valence-corrected chi connectivity index (χ0v) is 19.5. The lowest BCUT2D eigenvalue weighted by atomic mass is 10.1. The summed E-state index contributed by atoms with van der Waals surface area (Å²) in [6.07, 6.45) is 1.16. The number of piperazine rings is 1. The number of aromatic nitrogens is 2. The smallest absolute Gasteiger partial charge is 0.253 e. The highest BCUT2D eigenvalue weighted by molar-refractivity contribution is 6.05. The number of rotatable bonds is 7. The van der Waals surface area contributed by atoms with Crippen LogP contribution in [0.5, 0.6) is 0 Å². The molecule has 0 spiro atoms. The third-order valence-electron chi connectivity index (χ3n) is 5.61. The normalized spacial score (nSPS) is 14.5. The third-order valence-corrected chi connectivity index (χ3v) is 5.61. The van der Waals surface area contributed by atoms with E-state index in [1.807, 2.05) is 33.8 Å². The van der Waals surface area contributed by atoms with Crippen molar-refractivity contribution in [2.45, 2.75) is 40.3 Å². The molecule has 1 saturated heterocycles. The first-order chi connectivity index (χ1) is 15.2. The minimum absolute atomic E-state index is 0.0913. The Hall–Kier alpha value is -3.20. The standard InChI is InChI=1S/C23H33N7O2/c1-14(2)26-21-18(12-24)17(11-20(28-21)30-8-6-29(5)7-9-30)22(31)25-13-19-15(3)10-16(4)27-23(19)32/h10-12,14,24H,6-9,13H2,1-5H3,(H,25,31)(H,26,28)(H,27,32). The van der Waals surface area contributed by atoms with Crippen molar-refractivity contribution in [1.82, 2.24) is 20.2 Å². The Kier molecular flexibility index (Phi) is 7.29. The maximum atomic E-state index is 13.2. The van der Waals surface area contributed by atoms with Crippen LogP contribution in [-0.4, -0.2) is 66.3 Å². The lowest BCUT2D eigenvalue weighted by molar-refractivity contribution is 0.0950. The van der Waals surface area contributed by atoms with Gasteiger partial charge in [0.1, 0.15) is 11.6 Å². The van der Waals surface area contributed by atoms with Crippen LogP contribution in [0.25, 0.3) is 0 Å². The topological polar surface area (TPSA) is 117 Å². The van der Waals surface area contributed by atoms with Crippen molar-refractivity contribution < 1.29 is 4.79 Å². The molecule has 3 rings (SSSR count). The zero-order valence-electron chi connectivity index (χ0n) is 19.5. The molecule has 1 aliphatic rings. The van der Waals surface area contributed by atoms with E-state index in [1.54, 1.807) is 6.07 Å². The molecule has 1 aliphatic heterocycles. The van der Waals surface area contributed by atoms with Crippen molar-refractivity contribution in [1.29, 1.82) is 5.41 Å². The van der Waals surface area contributed by atoms with E-state index >= 15 is 0 Å². The second-order valence-corrected chi connectivity index (χ2v) is 8.65. The molecule has 0 aliphatic carbocycles. The van der Waals surface area contributed by atoms with Gasteiger partial charge in [-0.3, -0.25) is 9.59 Å². The predicted octanol–water partition coefficient (Wildman–Crippen LogP) is 1.89. The molecular weight excluding hydrogens is 406 g/mol. The van der Waals surface area contributed by atoms with Crippen LogP contribution in [0.4, 0.5) is 11.6 Å². The fourth-order valence-corrected chi connectivity index (χ4v) is 3.82. The number of pyridine rings is 2. The van der Waals surface area contributed by atoms with Gasteiger partial charge in [0.25, 0.3) is 11.5 Å². The number of amides is 1. The maximum absolute atomic E-state index is 13.2. The number of nitrogens with zero attached hydrogens (tertiary/aromatic N) is 3. The van der Waals surface area contributed by atoms with Gasteiger partial charge in [-0.05, 0) is 52.4 Å². The summed E-state index contributed by atoms with van der Waals surface area (Å²) in [4.78, 5) is 37.5. The Bertz CT molecular complexity index is 1050. The van der Waals surface area contributed by atoms with E-state index in [9.17, 15) is 9.59 Å². The first-order valence-corrected chi connectivity index (χ1v) is 10.9. The van der Waals surface area contributed by atoms with Crippen molar-refractivity contribution >= 4 is 23.8 Å². The highest BCUT2D eigenvalue weighted by Crippen LogP contribution is 2.24. The summed E-state index contributed by atoms with van der Waals surface area (Å²) in [5.41, 5.74) is 2.73. The largest absolute Gasteiger partial charge is 0.367 e. The van der Waals surface area contributed by atoms with Gasteiger partial charge in [0.05, 0.1) is 5.56 Å². The average molecular weight is 440 g/mol. The third kappa shape index (κ3) is 5.34. The highest BCUT2D eigenvalue weighted by Gasteiger charge is 2.22. The monoisotopic (exact) mass is 439 g/mol. The summed E-state index contributed by atoms with van der Waals surface area (Å²) in [7, 11) is 2.09. The van der Waals surface area contributed by atoms with Crippen molar-refractivity contribution in [3.63, 3.8) is 0 Å². The van der Waals surface area contributed by atoms with Gasteiger partial charge in [0.2, 0.25) is 0 Å². The van der Waals surface area contributed by atoms with E-state index in [4.69, 9.17) is 10.4 Å². The number of likely N-dealkylation sites (N-methyl/N-ethyl adjacent to an activating group) is 1. The highest BCUT2D eigenvalue weighted by atomic mass is 16.1. The molecule has 4 N–H and O–H groups in total. The fourth-order valence-electron chi connectivity index (χ4n) is 3.82. The molecule has 9 nitrogen and oxygen atoms in total. The maximum Gasteiger partial charge on any atom is 0.253 e. The van der Waals surface area contributed by atoms with Crippen LogP contribution >= 0.6 is 0 Å². The Morgan fingerprint density at radius 3 is 2.53 bits per heavy atom. The van der Waals surface area contributed by atoms with Crippen LogP contribution < -0.4 is 21.1 Å². The molecule has 1 fully saturated rings. The number of aromatic amines is 1. The molecular formula is C23H33N7O2. The summed E-state index contributed by atoms with van der Waals surface area (Å²) in [6.45, 7) is 11.2. The van der Waals surface area contributed by atoms with Crippen LogP contribution in [0.15, 0.2) is 16.9 Å². The molecule has 9 heteroatoms. The first kappa shape index (κ1) is 23.5. The Morgan fingerprint density at radius 2 is 1.94 bits per heavy atom. The molecule has 0 bridgehead atoms. The van der Waals surface area contributed by atoms with Gasteiger partial charge >= 0.3 is 0 Å². The average Bonchev–Trinajstić information content (AvgIpc) is 2.72. The number of carbonyl (C=O) groups is 1. The molecule has 1 amide bonds. The molecule has 0 atom stereocenters. The van der Waals surface area contributed by atoms with Gasteiger partial charge in [0.15, 0.2) is 0 Å². The minimum atomic E-state index is -0.340. The number of anilines is 2. The van der Waals surface area contributed by atoms with Crippen molar-refractivity contribution in [3.05, 3.63) is 50.4 Å². The van der Waals surface area contributed by atoms with Crippen LogP contribution in [0.2, 0.25) is 0 Å². The van der Waals surface area contributed by atoms with Crippen LogP contribution in [0, 0.1) is 19.3 Å². The number of hydrogen-bond acceptors (Lipinski definition) is 7. The lowest BCUT2D eigenvalue weighted by Gasteiger charge is -2.34. The van der Waals surface area contributed by atoms with E-state index in [-0.39, 0.29) is 24.1 Å². The second-order valence-electron chi connectivity index (χ2n) is 8.65. The van der Waals surface area contributed by atoms with E-state index < -0.39 is 0 Å². The molecule has 3 heterocycles. The molecule has 0 aromatic carbocycles.